The maximum Gasteiger partial charge on any atom is 0.251 e. The lowest BCUT2D eigenvalue weighted by Crippen LogP contribution is -2.25. The van der Waals surface area contributed by atoms with Gasteiger partial charge in [0.25, 0.3) is 5.91 Å². The molecule has 6 nitrogen and oxygen atoms in total. The predicted molar refractivity (Wildman–Crippen MR) is 104 cm³/mol. The summed E-state index contributed by atoms with van der Waals surface area (Å²) in [6, 6.07) is 9.74. The number of carbonyl (C=O) groups excluding carboxylic acids is 1. The number of nitrogens with zero attached hydrogens (tertiary/aromatic N) is 4. The summed E-state index contributed by atoms with van der Waals surface area (Å²) in [6.07, 6.45) is 4.51. The van der Waals surface area contributed by atoms with Crippen molar-refractivity contribution in [2.24, 2.45) is 0 Å². The summed E-state index contributed by atoms with van der Waals surface area (Å²) < 4.78 is 4.78. The zero-order valence-electron chi connectivity index (χ0n) is 14.9. The van der Waals surface area contributed by atoms with Crippen molar-refractivity contribution in [1.82, 2.24) is 24.9 Å². The zero-order valence-corrected chi connectivity index (χ0v) is 16.5. The number of halogens is 1. The molecule has 3 aromatic rings. The van der Waals surface area contributed by atoms with Crippen molar-refractivity contribution in [3.63, 3.8) is 0 Å². The van der Waals surface area contributed by atoms with E-state index in [9.17, 15) is 4.79 Å². The Morgan fingerprint density at radius 2 is 2.00 bits per heavy atom. The standard InChI is InChI=1S/C19H22BrN5O/c1-14-10-15(2)25(23-14)12-16-4-6-17(7-5-16)19(26)21-8-3-9-24-13-18(20)11-22-24/h4-7,10-11,13H,3,8-9,12H2,1-2H3,(H,21,26). The summed E-state index contributed by atoms with van der Waals surface area (Å²) >= 11 is 3.37. The fourth-order valence-corrected chi connectivity index (χ4v) is 3.10. The van der Waals surface area contributed by atoms with Crippen molar-refractivity contribution < 1.29 is 4.79 Å². The summed E-state index contributed by atoms with van der Waals surface area (Å²) in [5.41, 5.74) is 3.94. The number of rotatable bonds is 7. The molecule has 0 aliphatic carbocycles. The third kappa shape index (κ3) is 4.82. The molecule has 1 aromatic carbocycles. The SMILES string of the molecule is Cc1cc(C)n(Cc2ccc(C(=O)NCCCn3cc(Br)cn3)cc2)n1. The number of nitrogens with one attached hydrogen (secondary N) is 1. The molecular weight excluding hydrogens is 394 g/mol. The predicted octanol–water partition coefficient (Wildman–Crippen LogP) is 3.33. The molecule has 0 saturated carbocycles. The van der Waals surface area contributed by atoms with E-state index in [4.69, 9.17) is 0 Å². The van der Waals surface area contributed by atoms with Gasteiger partial charge in [-0.3, -0.25) is 14.2 Å². The molecule has 0 atom stereocenters. The minimum atomic E-state index is -0.0516. The molecule has 2 heterocycles. The monoisotopic (exact) mass is 415 g/mol. The lowest BCUT2D eigenvalue weighted by molar-refractivity contribution is 0.0952. The first-order valence-electron chi connectivity index (χ1n) is 8.57. The van der Waals surface area contributed by atoms with E-state index in [1.807, 2.05) is 53.7 Å². The zero-order chi connectivity index (χ0) is 18.5. The van der Waals surface area contributed by atoms with Crippen LogP contribution in [0.25, 0.3) is 0 Å². The van der Waals surface area contributed by atoms with Crippen molar-refractivity contribution in [3.05, 3.63) is 69.7 Å². The molecule has 0 aliphatic rings. The number of aryl methyl sites for hydroxylation is 3. The van der Waals surface area contributed by atoms with E-state index in [0.717, 1.165) is 34.4 Å². The molecular formula is C19H22BrN5O. The first-order chi connectivity index (χ1) is 12.5. The Balaban J connectivity index is 1.48. The highest BCUT2D eigenvalue weighted by molar-refractivity contribution is 9.10. The Labute approximate surface area is 161 Å². The van der Waals surface area contributed by atoms with Crippen molar-refractivity contribution >= 4 is 21.8 Å². The number of hydrogen-bond acceptors (Lipinski definition) is 3. The molecule has 1 N–H and O–H groups in total. The molecule has 0 bridgehead atoms. The maximum absolute atomic E-state index is 12.2. The molecule has 0 aliphatic heterocycles. The van der Waals surface area contributed by atoms with Crippen molar-refractivity contribution in [3.8, 4) is 0 Å². The van der Waals surface area contributed by atoms with Gasteiger partial charge in [-0.05, 0) is 60.0 Å². The van der Waals surface area contributed by atoms with E-state index < -0.39 is 0 Å². The molecule has 136 valence electrons. The summed E-state index contributed by atoms with van der Waals surface area (Å²) in [7, 11) is 0. The van der Waals surface area contributed by atoms with Gasteiger partial charge < -0.3 is 5.32 Å². The van der Waals surface area contributed by atoms with E-state index in [1.165, 1.54) is 0 Å². The van der Waals surface area contributed by atoms with Gasteiger partial charge in [0.05, 0.1) is 22.9 Å². The van der Waals surface area contributed by atoms with Gasteiger partial charge in [0.2, 0.25) is 0 Å². The molecule has 1 amide bonds. The third-order valence-corrected chi connectivity index (χ3v) is 4.51. The molecule has 2 aromatic heterocycles. The van der Waals surface area contributed by atoms with Crippen LogP contribution < -0.4 is 5.32 Å². The van der Waals surface area contributed by atoms with Crippen LogP contribution in [0.5, 0.6) is 0 Å². The fraction of sp³-hybridized carbons (Fsp3) is 0.316. The highest BCUT2D eigenvalue weighted by atomic mass is 79.9. The van der Waals surface area contributed by atoms with Gasteiger partial charge in [-0.15, -0.1) is 0 Å². The second-order valence-electron chi connectivity index (χ2n) is 6.31. The van der Waals surface area contributed by atoms with Gasteiger partial charge in [0.15, 0.2) is 0 Å². The number of benzene rings is 1. The number of aromatic nitrogens is 4. The van der Waals surface area contributed by atoms with Crippen LogP contribution in [0.2, 0.25) is 0 Å². The summed E-state index contributed by atoms with van der Waals surface area (Å²) in [6.45, 7) is 6.13. The van der Waals surface area contributed by atoms with E-state index in [2.05, 4.69) is 37.5 Å². The molecule has 0 saturated heterocycles. The van der Waals surface area contributed by atoms with Crippen LogP contribution in [0.4, 0.5) is 0 Å². The van der Waals surface area contributed by atoms with Crippen LogP contribution in [0, 0.1) is 13.8 Å². The number of carbonyl (C=O) groups is 1. The van der Waals surface area contributed by atoms with Crippen molar-refractivity contribution in [2.45, 2.75) is 33.4 Å². The lowest BCUT2D eigenvalue weighted by atomic mass is 10.1. The molecule has 7 heteroatoms. The van der Waals surface area contributed by atoms with Gasteiger partial charge in [-0.2, -0.15) is 10.2 Å². The van der Waals surface area contributed by atoms with E-state index in [1.54, 1.807) is 6.20 Å². The molecule has 26 heavy (non-hydrogen) atoms. The largest absolute Gasteiger partial charge is 0.352 e. The van der Waals surface area contributed by atoms with E-state index in [-0.39, 0.29) is 5.91 Å². The number of amides is 1. The highest BCUT2D eigenvalue weighted by Gasteiger charge is 2.06. The highest BCUT2D eigenvalue weighted by Crippen LogP contribution is 2.10. The Hall–Kier alpha value is -2.41. The first-order valence-corrected chi connectivity index (χ1v) is 9.37. The summed E-state index contributed by atoms with van der Waals surface area (Å²) in [5.74, 6) is -0.0516. The average Bonchev–Trinajstić information content (AvgIpc) is 3.17. The minimum Gasteiger partial charge on any atom is -0.352 e. The topological polar surface area (TPSA) is 64.7 Å². The van der Waals surface area contributed by atoms with Crippen LogP contribution in [-0.4, -0.2) is 32.0 Å². The Bertz CT molecular complexity index is 882. The Morgan fingerprint density at radius 3 is 2.62 bits per heavy atom. The fourth-order valence-electron chi connectivity index (χ4n) is 2.78. The summed E-state index contributed by atoms with van der Waals surface area (Å²) in [4.78, 5) is 12.2. The molecule has 0 radical (unpaired) electrons. The average molecular weight is 416 g/mol. The van der Waals surface area contributed by atoms with Gasteiger partial charge in [-0.1, -0.05) is 12.1 Å². The van der Waals surface area contributed by atoms with Crippen LogP contribution in [0.15, 0.2) is 47.2 Å². The summed E-state index contributed by atoms with van der Waals surface area (Å²) in [5, 5.41) is 11.6. The maximum atomic E-state index is 12.2. The van der Waals surface area contributed by atoms with E-state index >= 15 is 0 Å². The van der Waals surface area contributed by atoms with Crippen LogP contribution in [0.3, 0.4) is 0 Å². The van der Waals surface area contributed by atoms with Crippen LogP contribution in [-0.2, 0) is 13.1 Å². The smallest absolute Gasteiger partial charge is 0.251 e. The molecule has 0 fully saturated rings. The van der Waals surface area contributed by atoms with E-state index in [0.29, 0.717) is 18.7 Å². The van der Waals surface area contributed by atoms with Crippen molar-refractivity contribution in [1.29, 1.82) is 0 Å². The van der Waals surface area contributed by atoms with Gasteiger partial charge in [0, 0.05) is 30.5 Å². The normalized spacial score (nSPS) is 10.9. The first kappa shape index (κ1) is 18.4. The van der Waals surface area contributed by atoms with Crippen molar-refractivity contribution in [2.75, 3.05) is 6.54 Å². The van der Waals surface area contributed by atoms with Crippen LogP contribution >= 0.6 is 15.9 Å². The van der Waals surface area contributed by atoms with Gasteiger partial charge >= 0.3 is 0 Å². The Morgan fingerprint density at radius 1 is 1.23 bits per heavy atom. The molecule has 0 unspecified atom stereocenters. The van der Waals surface area contributed by atoms with Gasteiger partial charge in [-0.25, -0.2) is 0 Å². The van der Waals surface area contributed by atoms with Gasteiger partial charge in [0.1, 0.15) is 0 Å². The Kier molecular flexibility index (Phi) is 5.88. The quantitative estimate of drug-likeness (QED) is 0.601. The molecule has 3 rings (SSSR count). The second kappa shape index (κ2) is 8.31. The minimum absolute atomic E-state index is 0.0516. The van der Waals surface area contributed by atoms with Crippen LogP contribution in [0.1, 0.15) is 33.7 Å². The second-order valence-corrected chi connectivity index (χ2v) is 7.23. The molecule has 0 spiro atoms. The lowest BCUT2D eigenvalue weighted by Gasteiger charge is -2.08. The third-order valence-electron chi connectivity index (χ3n) is 4.10. The number of hydrogen-bond donors (Lipinski definition) is 1.